The van der Waals surface area contributed by atoms with E-state index in [2.05, 4.69) is 55.3 Å². The molecular formula is C16H29N5. The van der Waals surface area contributed by atoms with Gasteiger partial charge >= 0.3 is 0 Å². The predicted molar refractivity (Wildman–Crippen MR) is 89.2 cm³/mol. The Kier molecular flexibility index (Phi) is 4.71. The molecule has 0 amide bonds. The number of aromatic nitrogens is 2. The second-order valence-electron chi connectivity index (χ2n) is 7.09. The summed E-state index contributed by atoms with van der Waals surface area (Å²) in [6, 6.07) is 0.507. The fourth-order valence-corrected chi connectivity index (χ4v) is 2.58. The molecule has 5 heteroatoms. The van der Waals surface area contributed by atoms with E-state index in [-0.39, 0.29) is 5.41 Å². The number of likely N-dealkylation sites (tertiary alicyclic amines) is 1. The van der Waals surface area contributed by atoms with Crippen molar-refractivity contribution >= 4 is 11.6 Å². The Bertz CT molecular complexity index is 484. The van der Waals surface area contributed by atoms with Gasteiger partial charge in [-0.1, -0.05) is 20.8 Å². The highest BCUT2D eigenvalue weighted by molar-refractivity contribution is 5.57. The van der Waals surface area contributed by atoms with Crippen LogP contribution in [0.1, 0.15) is 45.0 Å². The Morgan fingerprint density at radius 2 is 1.67 bits per heavy atom. The van der Waals surface area contributed by atoms with Crippen molar-refractivity contribution in [2.24, 2.45) is 0 Å². The summed E-state index contributed by atoms with van der Waals surface area (Å²) >= 11 is 0. The Morgan fingerprint density at radius 3 is 2.19 bits per heavy atom. The van der Waals surface area contributed by atoms with E-state index in [0.717, 1.165) is 36.1 Å². The molecule has 2 rings (SSSR count). The van der Waals surface area contributed by atoms with Crippen LogP contribution in [0.4, 0.5) is 11.6 Å². The third kappa shape index (κ3) is 3.84. The molecule has 5 nitrogen and oxygen atoms in total. The topological polar surface area (TPSA) is 53.1 Å². The Labute approximate surface area is 128 Å². The number of nitrogens with zero attached hydrogens (tertiary/aromatic N) is 3. The van der Waals surface area contributed by atoms with Crippen molar-refractivity contribution in [2.75, 3.05) is 37.8 Å². The Morgan fingerprint density at radius 1 is 1.10 bits per heavy atom. The van der Waals surface area contributed by atoms with E-state index in [4.69, 9.17) is 4.98 Å². The van der Waals surface area contributed by atoms with Crippen molar-refractivity contribution in [2.45, 2.75) is 52.0 Å². The lowest BCUT2D eigenvalue weighted by molar-refractivity contribution is 0.263. The molecule has 21 heavy (non-hydrogen) atoms. The van der Waals surface area contributed by atoms with E-state index >= 15 is 0 Å². The van der Waals surface area contributed by atoms with Crippen LogP contribution >= 0.6 is 0 Å². The summed E-state index contributed by atoms with van der Waals surface area (Å²) in [6.07, 6.45) is 2.33. The zero-order valence-corrected chi connectivity index (χ0v) is 14.2. The fraction of sp³-hybridized carbons (Fsp3) is 0.750. The molecule has 2 N–H and O–H groups in total. The molecule has 1 fully saturated rings. The summed E-state index contributed by atoms with van der Waals surface area (Å²) in [6.45, 7) is 10.8. The minimum absolute atomic E-state index is 0.0531. The van der Waals surface area contributed by atoms with E-state index in [1.807, 2.05) is 7.05 Å². The molecule has 0 aromatic carbocycles. The first-order chi connectivity index (χ1) is 9.81. The summed E-state index contributed by atoms with van der Waals surface area (Å²) in [5, 5.41) is 6.83. The van der Waals surface area contributed by atoms with Crippen LogP contribution in [0.2, 0.25) is 0 Å². The molecule has 118 valence electrons. The molecule has 1 aliphatic rings. The average Bonchev–Trinajstić information content (AvgIpc) is 2.42. The van der Waals surface area contributed by atoms with Gasteiger partial charge in [0, 0.05) is 24.1 Å². The lowest BCUT2D eigenvalue weighted by Gasteiger charge is -2.30. The molecule has 0 spiro atoms. The molecule has 0 aliphatic carbocycles. The highest BCUT2D eigenvalue weighted by Gasteiger charge is 2.23. The van der Waals surface area contributed by atoms with Gasteiger partial charge in [0.1, 0.15) is 17.5 Å². The quantitative estimate of drug-likeness (QED) is 0.896. The van der Waals surface area contributed by atoms with Crippen molar-refractivity contribution in [3.63, 3.8) is 0 Å². The maximum absolute atomic E-state index is 4.79. The van der Waals surface area contributed by atoms with Gasteiger partial charge in [0.2, 0.25) is 0 Å². The van der Waals surface area contributed by atoms with Crippen molar-refractivity contribution in [1.29, 1.82) is 0 Å². The molecule has 0 saturated carbocycles. The third-order valence-corrected chi connectivity index (χ3v) is 4.11. The van der Waals surface area contributed by atoms with Crippen LogP contribution in [0.5, 0.6) is 0 Å². The molecule has 0 bridgehead atoms. The summed E-state index contributed by atoms with van der Waals surface area (Å²) in [5.74, 6) is 2.78. The van der Waals surface area contributed by atoms with Crippen LogP contribution in [0.15, 0.2) is 0 Å². The zero-order valence-electron chi connectivity index (χ0n) is 14.2. The van der Waals surface area contributed by atoms with Gasteiger partial charge in [-0.3, -0.25) is 0 Å². The average molecular weight is 291 g/mol. The van der Waals surface area contributed by atoms with Crippen LogP contribution in [0, 0.1) is 6.92 Å². The second kappa shape index (κ2) is 6.18. The molecule has 0 radical (unpaired) electrons. The first-order valence-electron chi connectivity index (χ1n) is 7.83. The molecule has 1 aliphatic heterocycles. The molecule has 1 saturated heterocycles. The molecule has 0 atom stereocenters. The maximum atomic E-state index is 4.79. The lowest BCUT2D eigenvalue weighted by Crippen LogP contribution is -2.37. The normalized spacial score (nSPS) is 17.8. The van der Waals surface area contributed by atoms with Gasteiger partial charge in [-0.25, -0.2) is 9.97 Å². The summed E-state index contributed by atoms with van der Waals surface area (Å²) in [5.41, 5.74) is 1.05. The van der Waals surface area contributed by atoms with Gasteiger partial charge in [0.15, 0.2) is 0 Å². The van der Waals surface area contributed by atoms with Crippen molar-refractivity contribution in [1.82, 2.24) is 14.9 Å². The van der Waals surface area contributed by atoms with Gasteiger partial charge in [-0.05, 0) is 39.9 Å². The summed E-state index contributed by atoms with van der Waals surface area (Å²) < 4.78 is 0. The van der Waals surface area contributed by atoms with Crippen LogP contribution in [-0.4, -0.2) is 48.1 Å². The van der Waals surface area contributed by atoms with Crippen LogP contribution in [-0.2, 0) is 5.41 Å². The van der Waals surface area contributed by atoms with Crippen LogP contribution < -0.4 is 10.6 Å². The number of nitrogens with one attached hydrogen (secondary N) is 2. The second-order valence-corrected chi connectivity index (χ2v) is 7.09. The minimum Gasteiger partial charge on any atom is -0.373 e. The number of rotatable bonds is 3. The summed E-state index contributed by atoms with van der Waals surface area (Å²) in [7, 11) is 4.10. The van der Waals surface area contributed by atoms with Gasteiger partial charge < -0.3 is 15.5 Å². The first-order valence-corrected chi connectivity index (χ1v) is 7.83. The molecule has 2 heterocycles. The predicted octanol–water partition coefficient (Wildman–Crippen LogP) is 2.63. The van der Waals surface area contributed by atoms with E-state index in [1.54, 1.807) is 0 Å². The summed E-state index contributed by atoms with van der Waals surface area (Å²) in [4.78, 5) is 11.8. The van der Waals surface area contributed by atoms with Crippen LogP contribution in [0.25, 0.3) is 0 Å². The number of hydrogen-bond acceptors (Lipinski definition) is 5. The van der Waals surface area contributed by atoms with Gasteiger partial charge in [-0.15, -0.1) is 0 Å². The highest BCUT2D eigenvalue weighted by atomic mass is 15.1. The van der Waals surface area contributed by atoms with E-state index in [1.165, 1.54) is 12.8 Å². The molecule has 1 aromatic heterocycles. The van der Waals surface area contributed by atoms with Gasteiger partial charge in [0.25, 0.3) is 0 Å². The lowest BCUT2D eigenvalue weighted by atomic mass is 9.95. The first kappa shape index (κ1) is 16.0. The third-order valence-electron chi connectivity index (χ3n) is 4.11. The highest BCUT2D eigenvalue weighted by Crippen LogP contribution is 2.27. The largest absolute Gasteiger partial charge is 0.373 e. The molecule has 1 aromatic rings. The Hall–Kier alpha value is -1.36. The minimum atomic E-state index is -0.0531. The van der Waals surface area contributed by atoms with Gasteiger partial charge in [-0.2, -0.15) is 0 Å². The van der Waals surface area contributed by atoms with Crippen molar-refractivity contribution in [3.05, 3.63) is 11.4 Å². The number of piperidine rings is 1. The van der Waals surface area contributed by atoms with E-state index < -0.39 is 0 Å². The number of hydrogen-bond donors (Lipinski definition) is 2. The van der Waals surface area contributed by atoms with Crippen molar-refractivity contribution in [3.8, 4) is 0 Å². The molecule has 0 unspecified atom stereocenters. The SMILES string of the molecule is CNc1nc(C(C)(C)C)nc(NC2CCN(C)CC2)c1C. The van der Waals surface area contributed by atoms with E-state index in [0.29, 0.717) is 6.04 Å². The Balaban J connectivity index is 2.25. The molecular weight excluding hydrogens is 262 g/mol. The van der Waals surface area contributed by atoms with Crippen molar-refractivity contribution < 1.29 is 0 Å². The monoisotopic (exact) mass is 291 g/mol. The maximum Gasteiger partial charge on any atom is 0.138 e. The zero-order chi connectivity index (χ0) is 15.6. The van der Waals surface area contributed by atoms with Gasteiger partial charge in [0.05, 0.1) is 0 Å². The standard InChI is InChI=1S/C16H29N5/c1-11-13(17-5)19-15(16(2,3)4)20-14(11)18-12-7-9-21(6)10-8-12/h12H,7-10H2,1-6H3,(H2,17,18,19,20). The fourth-order valence-electron chi connectivity index (χ4n) is 2.58. The smallest absolute Gasteiger partial charge is 0.138 e. The number of anilines is 2. The van der Waals surface area contributed by atoms with Crippen LogP contribution in [0.3, 0.4) is 0 Å². The van der Waals surface area contributed by atoms with E-state index in [9.17, 15) is 0 Å².